The second-order valence-corrected chi connectivity index (χ2v) is 10.2. The van der Waals surface area contributed by atoms with E-state index >= 15 is 0 Å². The lowest BCUT2D eigenvalue weighted by molar-refractivity contribution is 0.0238. The van der Waals surface area contributed by atoms with Gasteiger partial charge in [-0.3, -0.25) is 14.3 Å². The minimum absolute atomic E-state index is 0.0688. The van der Waals surface area contributed by atoms with Crippen LogP contribution < -0.4 is 21.3 Å². The van der Waals surface area contributed by atoms with Crippen LogP contribution in [0.5, 0.6) is 5.88 Å². The molecule has 0 saturated carbocycles. The SMILES string of the molecule is Cc1c(C(=O)Nc2ccc(-c3nc(-c4cccc(OC5CCOCC5)n4)cnc3N)cc2)c(=O)n(-c2ccccc2)n1C. The Kier molecular flexibility index (Phi) is 7.71. The maximum absolute atomic E-state index is 13.2. The Morgan fingerprint density at radius 2 is 1.72 bits per heavy atom. The minimum atomic E-state index is -0.490. The lowest BCUT2D eigenvalue weighted by Crippen LogP contribution is -2.26. The third-order valence-corrected chi connectivity index (χ3v) is 7.44. The maximum Gasteiger partial charge on any atom is 0.284 e. The number of benzene rings is 2. The molecule has 1 aliphatic heterocycles. The van der Waals surface area contributed by atoms with Crippen molar-refractivity contribution in [2.75, 3.05) is 24.3 Å². The third-order valence-electron chi connectivity index (χ3n) is 7.44. The first kappa shape index (κ1) is 27.9. The third kappa shape index (κ3) is 5.75. The number of para-hydroxylation sites is 1. The van der Waals surface area contributed by atoms with Crippen LogP contribution in [0, 0.1) is 6.92 Å². The zero-order valence-corrected chi connectivity index (χ0v) is 23.9. The average molecular weight is 578 g/mol. The van der Waals surface area contributed by atoms with Gasteiger partial charge in [-0.25, -0.2) is 19.6 Å². The predicted octanol–water partition coefficient (Wildman–Crippen LogP) is 4.40. The van der Waals surface area contributed by atoms with Gasteiger partial charge >= 0.3 is 0 Å². The number of aromatic nitrogens is 5. The molecule has 0 spiro atoms. The lowest BCUT2D eigenvalue weighted by Gasteiger charge is -2.22. The van der Waals surface area contributed by atoms with Crippen LogP contribution in [0.1, 0.15) is 28.9 Å². The van der Waals surface area contributed by atoms with Crippen molar-refractivity contribution in [3.05, 3.63) is 101 Å². The maximum atomic E-state index is 13.2. The molecule has 1 saturated heterocycles. The highest BCUT2D eigenvalue weighted by Gasteiger charge is 2.22. The molecule has 11 nitrogen and oxygen atoms in total. The summed E-state index contributed by atoms with van der Waals surface area (Å²) in [6, 6.07) is 21.8. The highest BCUT2D eigenvalue weighted by molar-refractivity contribution is 6.05. The van der Waals surface area contributed by atoms with Gasteiger partial charge in [0.2, 0.25) is 5.88 Å². The highest BCUT2D eigenvalue weighted by Crippen LogP contribution is 2.28. The number of carbonyl (C=O) groups excluding carboxylic acids is 1. The summed E-state index contributed by atoms with van der Waals surface area (Å²) < 4.78 is 14.6. The van der Waals surface area contributed by atoms with E-state index in [1.165, 1.54) is 4.68 Å². The van der Waals surface area contributed by atoms with E-state index in [4.69, 9.17) is 20.2 Å². The normalized spacial score (nSPS) is 13.5. The molecule has 218 valence electrons. The molecule has 1 aliphatic rings. The molecule has 6 rings (SSSR count). The molecule has 1 amide bonds. The Bertz CT molecular complexity index is 1830. The molecule has 0 unspecified atom stereocenters. The number of hydrogen-bond acceptors (Lipinski definition) is 8. The number of nitrogens with one attached hydrogen (secondary N) is 1. The molecule has 0 atom stereocenters. The molecule has 3 aromatic heterocycles. The van der Waals surface area contributed by atoms with Crippen molar-refractivity contribution in [2.45, 2.75) is 25.9 Å². The van der Waals surface area contributed by atoms with E-state index in [2.05, 4.69) is 15.3 Å². The number of nitrogen functional groups attached to an aromatic ring is 1. The van der Waals surface area contributed by atoms with Gasteiger partial charge in [0.25, 0.3) is 11.5 Å². The fraction of sp³-hybridized carbons (Fsp3) is 0.219. The Morgan fingerprint density at radius 1 is 0.977 bits per heavy atom. The van der Waals surface area contributed by atoms with Crippen LogP contribution >= 0.6 is 0 Å². The smallest absolute Gasteiger partial charge is 0.284 e. The van der Waals surface area contributed by atoms with Crippen LogP contribution in [-0.4, -0.2) is 49.5 Å². The summed E-state index contributed by atoms with van der Waals surface area (Å²) in [6.07, 6.45) is 3.30. The Morgan fingerprint density at radius 3 is 2.47 bits per heavy atom. The van der Waals surface area contributed by atoms with Gasteiger partial charge in [0, 0.05) is 37.2 Å². The van der Waals surface area contributed by atoms with E-state index in [0.29, 0.717) is 58.8 Å². The molecule has 11 heteroatoms. The number of carbonyl (C=O) groups is 1. The monoisotopic (exact) mass is 577 g/mol. The van der Waals surface area contributed by atoms with Gasteiger partial charge < -0.3 is 20.5 Å². The molecule has 0 bridgehead atoms. The molecular weight excluding hydrogens is 546 g/mol. The summed E-state index contributed by atoms with van der Waals surface area (Å²) in [5.74, 6) is 0.293. The fourth-order valence-corrected chi connectivity index (χ4v) is 5.06. The van der Waals surface area contributed by atoms with E-state index in [0.717, 1.165) is 12.8 Å². The Hall–Kier alpha value is -5.29. The van der Waals surface area contributed by atoms with Crippen LogP contribution in [-0.2, 0) is 11.8 Å². The zero-order chi connectivity index (χ0) is 29.9. The summed E-state index contributed by atoms with van der Waals surface area (Å²) in [5, 5.41) is 2.84. The second-order valence-electron chi connectivity index (χ2n) is 10.2. The van der Waals surface area contributed by atoms with Gasteiger partial charge in [0.15, 0.2) is 0 Å². The zero-order valence-electron chi connectivity index (χ0n) is 23.9. The number of hydrogen-bond donors (Lipinski definition) is 2. The van der Waals surface area contributed by atoms with Gasteiger partial charge in [-0.05, 0) is 37.3 Å². The molecule has 3 N–H and O–H groups in total. The highest BCUT2D eigenvalue weighted by atomic mass is 16.5. The van der Waals surface area contributed by atoms with Crippen molar-refractivity contribution in [2.24, 2.45) is 7.05 Å². The first-order valence-corrected chi connectivity index (χ1v) is 14.0. The number of ether oxygens (including phenoxy) is 2. The van der Waals surface area contributed by atoms with Gasteiger partial charge in [-0.2, -0.15) is 0 Å². The number of nitrogens with zero attached hydrogens (tertiary/aromatic N) is 5. The molecular formula is C32H31N7O4. The van der Waals surface area contributed by atoms with Gasteiger partial charge in [0.1, 0.15) is 28.9 Å². The first-order valence-electron chi connectivity index (χ1n) is 14.0. The lowest BCUT2D eigenvalue weighted by atomic mass is 10.1. The van der Waals surface area contributed by atoms with Gasteiger partial charge in [0.05, 0.1) is 36.5 Å². The Labute approximate surface area is 247 Å². The van der Waals surface area contributed by atoms with Crippen LogP contribution in [0.25, 0.3) is 28.3 Å². The number of pyridine rings is 1. The van der Waals surface area contributed by atoms with Crippen molar-refractivity contribution in [1.82, 2.24) is 24.3 Å². The number of amides is 1. The standard InChI is InChI=1S/C32H31N7O4/c1-20-28(32(41)39(38(20)2)23-7-4-3-5-8-23)31(40)35-22-13-11-21(12-14-22)29-30(33)34-19-26(37-29)25-9-6-10-27(36-25)43-24-15-17-42-18-16-24/h3-14,19,24H,15-18H2,1-2H3,(H2,33,34)(H,35,40). The molecule has 43 heavy (non-hydrogen) atoms. The van der Waals surface area contributed by atoms with Crippen molar-refractivity contribution in [1.29, 1.82) is 0 Å². The number of rotatable bonds is 7. The number of anilines is 2. The second kappa shape index (κ2) is 11.9. The molecule has 1 fully saturated rings. The van der Waals surface area contributed by atoms with E-state index < -0.39 is 11.5 Å². The van der Waals surface area contributed by atoms with Crippen LogP contribution in [0.3, 0.4) is 0 Å². The van der Waals surface area contributed by atoms with Crippen molar-refractivity contribution in [3.8, 4) is 34.2 Å². The van der Waals surface area contributed by atoms with Gasteiger partial charge in [-0.1, -0.05) is 36.4 Å². The summed E-state index contributed by atoms with van der Waals surface area (Å²) in [5.41, 5.74) is 10.00. The summed E-state index contributed by atoms with van der Waals surface area (Å²) in [4.78, 5) is 40.2. The Balaban J connectivity index is 1.21. The number of nitrogens with two attached hydrogens (primary N) is 1. The molecule has 2 aromatic carbocycles. The average Bonchev–Trinajstić information content (AvgIpc) is 3.26. The van der Waals surface area contributed by atoms with Crippen molar-refractivity contribution >= 4 is 17.4 Å². The topological polar surface area (TPSA) is 139 Å². The fourth-order valence-electron chi connectivity index (χ4n) is 5.06. The predicted molar refractivity (Wildman–Crippen MR) is 163 cm³/mol. The van der Waals surface area contributed by atoms with Crippen LogP contribution in [0.4, 0.5) is 11.5 Å². The van der Waals surface area contributed by atoms with Crippen molar-refractivity contribution in [3.63, 3.8) is 0 Å². The quantitative estimate of drug-likeness (QED) is 0.290. The summed E-state index contributed by atoms with van der Waals surface area (Å²) in [7, 11) is 1.75. The minimum Gasteiger partial charge on any atom is -0.474 e. The van der Waals surface area contributed by atoms with E-state index in [-0.39, 0.29) is 17.5 Å². The molecule has 0 aliphatic carbocycles. The van der Waals surface area contributed by atoms with Crippen LogP contribution in [0.15, 0.2) is 83.8 Å². The van der Waals surface area contributed by atoms with Gasteiger partial charge in [-0.15, -0.1) is 0 Å². The van der Waals surface area contributed by atoms with Crippen molar-refractivity contribution < 1.29 is 14.3 Å². The molecule has 0 radical (unpaired) electrons. The molecule has 5 aromatic rings. The van der Waals surface area contributed by atoms with Crippen LogP contribution in [0.2, 0.25) is 0 Å². The van der Waals surface area contributed by atoms with E-state index in [1.807, 2.05) is 48.5 Å². The van der Waals surface area contributed by atoms with E-state index in [9.17, 15) is 9.59 Å². The summed E-state index contributed by atoms with van der Waals surface area (Å²) >= 11 is 0. The summed E-state index contributed by atoms with van der Waals surface area (Å²) in [6.45, 7) is 3.10. The first-order chi connectivity index (χ1) is 20.9. The van der Waals surface area contributed by atoms with E-state index in [1.54, 1.807) is 49.1 Å². The largest absolute Gasteiger partial charge is 0.474 e. The molecule has 4 heterocycles.